The first kappa shape index (κ1) is 17.7. The summed E-state index contributed by atoms with van der Waals surface area (Å²) in [6, 6.07) is 9.55. The molecule has 6 nitrogen and oxygen atoms in total. The van der Waals surface area contributed by atoms with Gasteiger partial charge in [-0.15, -0.1) is 0 Å². The smallest absolute Gasteiger partial charge is 0.260 e. The predicted molar refractivity (Wildman–Crippen MR) is 95.3 cm³/mol. The summed E-state index contributed by atoms with van der Waals surface area (Å²) >= 11 is 0. The highest BCUT2D eigenvalue weighted by atomic mass is 16.5. The van der Waals surface area contributed by atoms with E-state index in [-0.39, 0.29) is 30.4 Å². The number of ether oxygens (including phenoxy) is 1. The Kier molecular flexibility index (Phi) is 5.91. The number of carbonyl (C=O) groups excluding carboxylic acids is 2. The van der Waals surface area contributed by atoms with Crippen molar-refractivity contribution in [2.45, 2.75) is 25.8 Å². The van der Waals surface area contributed by atoms with Crippen LogP contribution in [0.4, 0.5) is 0 Å². The summed E-state index contributed by atoms with van der Waals surface area (Å²) in [7, 11) is 0. The molecular formula is C19H27N3O3. The van der Waals surface area contributed by atoms with E-state index in [1.54, 1.807) is 4.90 Å². The van der Waals surface area contributed by atoms with E-state index < -0.39 is 0 Å². The molecule has 2 aliphatic heterocycles. The maximum absolute atomic E-state index is 12.8. The van der Waals surface area contributed by atoms with E-state index in [0.717, 1.165) is 32.5 Å². The fourth-order valence-corrected chi connectivity index (χ4v) is 3.56. The highest BCUT2D eigenvalue weighted by Gasteiger charge is 2.33. The normalized spacial score (nSPS) is 24.0. The SMILES string of the molecule is C[C@H]1CNCCN1C(=O)C1CCCN(C(=O)COc2ccccc2)C1. The first-order valence-corrected chi connectivity index (χ1v) is 9.12. The Morgan fingerprint density at radius 2 is 2.04 bits per heavy atom. The third-order valence-electron chi connectivity index (χ3n) is 5.01. The van der Waals surface area contributed by atoms with Gasteiger partial charge in [-0.2, -0.15) is 0 Å². The van der Waals surface area contributed by atoms with Gasteiger partial charge in [-0.25, -0.2) is 0 Å². The van der Waals surface area contributed by atoms with Gasteiger partial charge in [0.15, 0.2) is 6.61 Å². The lowest BCUT2D eigenvalue weighted by molar-refractivity contribution is -0.143. The molecule has 2 saturated heterocycles. The van der Waals surface area contributed by atoms with Crippen LogP contribution in [0.2, 0.25) is 0 Å². The Bertz CT molecular complexity index is 593. The van der Waals surface area contributed by atoms with Gasteiger partial charge in [0, 0.05) is 38.8 Å². The minimum atomic E-state index is -0.0880. The second-order valence-electron chi connectivity index (χ2n) is 6.87. The van der Waals surface area contributed by atoms with Crippen molar-refractivity contribution in [3.8, 4) is 5.75 Å². The molecule has 2 atom stereocenters. The molecule has 25 heavy (non-hydrogen) atoms. The molecule has 0 saturated carbocycles. The lowest BCUT2D eigenvalue weighted by Gasteiger charge is -2.39. The van der Waals surface area contributed by atoms with E-state index in [4.69, 9.17) is 4.74 Å². The summed E-state index contributed by atoms with van der Waals surface area (Å²) in [6.45, 7) is 5.74. The average molecular weight is 345 g/mol. The van der Waals surface area contributed by atoms with Gasteiger partial charge in [0.1, 0.15) is 5.75 Å². The van der Waals surface area contributed by atoms with Crippen LogP contribution in [-0.2, 0) is 9.59 Å². The molecule has 0 spiro atoms. The number of benzene rings is 1. The van der Waals surface area contributed by atoms with Crippen LogP contribution >= 0.6 is 0 Å². The van der Waals surface area contributed by atoms with Crippen molar-refractivity contribution in [1.82, 2.24) is 15.1 Å². The largest absolute Gasteiger partial charge is 0.484 e. The fraction of sp³-hybridized carbons (Fsp3) is 0.579. The molecule has 1 aromatic carbocycles. The lowest BCUT2D eigenvalue weighted by atomic mass is 9.95. The Morgan fingerprint density at radius 3 is 2.80 bits per heavy atom. The van der Waals surface area contributed by atoms with Gasteiger partial charge >= 0.3 is 0 Å². The van der Waals surface area contributed by atoms with Gasteiger partial charge in [0.2, 0.25) is 5.91 Å². The van der Waals surface area contributed by atoms with Crippen LogP contribution in [0.5, 0.6) is 5.75 Å². The number of rotatable bonds is 4. The molecule has 6 heteroatoms. The zero-order chi connectivity index (χ0) is 17.6. The molecule has 0 bridgehead atoms. The maximum atomic E-state index is 12.8. The summed E-state index contributed by atoms with van der Waals surface area (Å²) in [4.78, 5) is 29.0. The van der Waals surface area contributed by atoms with E-state index >= 15 is 0 Å². The van der Waals surface area contributed by atoms with E-state index in [1.807, 2.05) is 35.2 Å². The van der Waals surface area contributed by atoms with Gasteiger partial charge in [-0.1, -0.05) is 18.2 Å². The molecule has 0 aliphatic carbocycles. The highest BCUT2D eigenvalue weighted by molar-refractivity contribution is 5.82. The van der Waals surface area contributed by atoms with Crippen molar-refractivity contribution in [2.24, 2.45) is 5.92 Å². The van der Waals surface area contributed by atoms with Crippen molar-refractivity contribution in [3.63, 3.8) is 0 Å². The van der Waals surface area contributed by atoms with Crippen LogP contribution in [0.3, 0.4) is 0 Å². The molecule has 2 aliphatic rings. The number of likely N-dealkylation sites (tertiary alicyclic amines) is 1. The number of para-hydroxylation sites is 1. The zero-order valence-corrected chi connectivity index (χ0v) is 14.8. The van der Waals surface area contributed by atoms with Crippen LogP contribution in [0.25, 0.3) is 0 Å². The molecule has 2 amide bonds. The van der Waals surface area contributed by atoms with Crippen molar-refractivity contribution in [1.29, 1.82) is 0 Å². The quantitative estimate of drug-likeness (QED) is 0.888. The molecule has 2 heterocycles. The van der Waals surface area contributed by atoms with Gasteiger partial charge in [-0.3, -0.25) is 9.59 Å². The molecule has 3 rings (SSSR count). The number of carbonyl (C=O) groups is 2. The Morgan fingerprint density at radius 1 is 1.24 bits per heavy atom. The first-order valence-electron chi connectivity index (χ1n) is 9.12. The van der Waals surface area contributed by atoms with E-state index in [1.165, 1.54) is 0 Å². The third kappa shape index (κ3) is 4.51. The van der Waals surface area contributed by atoms with Crippen molar-refractivity contribution >= 4 is 11.8 Å². The van der Waals surface area contributed by atoms with Crippen LogP contribution < -0.4 is 10.1 Å². The summed E-state index contributed by atoms with van der Waals surface area (Å²) in [5.74, 6) is 0.746. The third-order valence-corrected chi connectivity index (χ3v) is 5.01. The molecule has 1 unspecified atom stereocenters. The zero-order valence-electron chi connectivity index (χ0n) is 14.8. The average Bonchev–Trinajstić information content (AvgIpc) is 2.67. The second-order valence-corrected chi connectivity index (χ2v) is 6.87. The van der Waals surface area contributed by atoms with Crippen molar-refractivity contribution in [3.05, 3.63) is 30.3 Å². The van der Waals surface area contributed by atoms with Crippen molar-refractivity contribution < 1.29 is 14.3 Å². The number of amides is 2. The van der Waals surface area contributed by atoms with E-state index in [2.05, 4.69) is 12.2 Å². The van der Waals surface area contributed by atoms with Crippen molar-refractivity contribution in [2.75, 3.05) is 39.3 Å². The van der Waals surface area contributed by atoms with Gasteiger partial charge in [0.05, 0.1) is 5.92 Å². The second kappa shape index (κ2) is 8.34. The molecule has 1 aromatic rings. The summed E-state index contributed by atoms with van der Waals surface area (Å²) in [5.41, 5.74) is 0. The number of nitrogens with zero attached hydrogens (tertiary/aromatic N) is 2. The number of hydrogen-bond donors (Lipinski definition) is 1. The first-order chi connectivity index (χ1) is 12.1. The number of piperazine rings is 1. The van der Waals surface area contributed by atoms with Gasteiger partial charge < -0.3 is 19.9 Å². The fourth-order valence-electron chi connectivity index (χ4n) is 3.56. The molecule has 136 valence electrons. The van der Waals surface area contributed by atoms with Crippen LogP contribution in [0.15, 0.2) is 30.3 Å². The minimum Gasteiger partial charge on any atom is -0.484 e. The van der Waals surface area contributed by atoms with Crippen LogP contribution in [-0.4, -0.2) is 67.0 Å². The molecule has 0 radical (unpaired) electrons. The number of hydrogen-bond acceptors (Lipinski definition) is 4. The summed E-state index contributed by atoms with van der Waals surface area (Å²) in [5, 5.41) is 3.31. The van der Waals surface area contributed by atoms with Crippen LogP contribution in [0.1, 0.15) is 19.8 Å². The van der Waals surface area contributed by atoms with Gasteiger partial charge in [-0.05, 0) is 31.9 Å². The topological polar surface area (TPSA) is 61.9 Å². The standard InChI is InChI=1S/C19H27N3O3/c1-15-12-20-9-11-22(15)19(24)16-6-5-10-21(13-16)18(23)14-25-17-7-3-2-4-8-17/h2-4,7-8,15-16,20H,5-6,9-14H2,1H3/t15-,16?/m0/s1. The maximum Gasteiger partial charge on any atom is 0.260 e. The molecule has 1 N–H and O–H groups in total. The number of nitrogens with one attached hydrogen (secondary N) is 1. The summed E-state index contributed by atoms with van der Waals surface area (Å²) < 4.78 is 5.56. The Balaban J connectivity index is 1.53. The summed E-state index contributed by atoms with van der Waals surface area (Å²) in [6.07, 6.45) is 1.73. The number of piperidine rings is 1. The Hall–Kier alpha value is -2.08. The molecule has 0 aromatic heterocycles. The lowest BCUT2D eigenvalue weighted by Crippen LogP contribution is -2.56. The predicted octanol–water partition coefficient (Wildman–Crippen LogP) is 1.12. The van der Waals surface area contributed by atoms with Crippen LogP contribution in [0, 0.1) is 5.92 Å². The molecule has 2 fully saturated rings. The van der Waals surface area contributed by atoms with E-state index in [0.29, 0.717) is 18.8 Å². The Labute approximate surface area is 149 Å². The monoisotopic (exact) mass is 345 g/mol. The minimum absolute atomic E-state index is 0.0228. The highest BCUT2D eigenvalue weighted by Crippen LogP contribution is 2.21. The van der Waals surface area contributed by atoms with Gasteiger partial charge in [0.25, 0.3) is 5.91 Å². The van der Waals surface area contributed by atoms with E-state index in [9.17, 15) is 9.59 Å². The molecular weight excluding hydrogens is 318 g/mol.